The van der Waals surface area contributed by atoms with Gasteiger partial charge in [0.15, 0.2) is 9.84 Å². The van der Waals surface area contributed by atoms with Gasteiger partial charge in [-0.2, -0.15) is 0 Å². The molecule has 0 aromatic carbocycles. The van der Waals surface area contributed by atoms with Crippen LogP contribution < -0.4 is 5.73 Å². The van der Waals surface area contributed by atoms with Crippen LogP contribution in [-0.2, 0) is 24.2 Å². The van der Waals surface area contributed by atoms with E-state index >= 15 is 0 Å². The third kappa shape index (κ3) is 4.29. The molecule has 0 spiro atoms. The molecular weight excluding hydrogens is 258 g/mol. The van der Waals surface area contributed by atoms with Gasteiger partial charge in [0, 0.05) is 5.92 Å². The first-order chi connectivity index (χ1) is 8.20. The first-order valence-corrected chi connectivity index (χ1v) is 7.58. The number of primary amides is 1. The van der Waals surface area contributed by atoms with Crippen molar-refractivity contribution in [3.63, 3.8) is 0 Å². The molecule has 0 aliphatic heterocycles. The lowest BCUT2D eigenvalue weighted by Gasteiger charge is -2.15. The zero-order chi connectivity index (χ0) is 14.0. The Hall–Kier alpha value is -1.11. The molecule has 18 heavy (non-hydrogen) atoms. The van der Waals surface area contributed by atoms with Crippen molar-refractivity contribution in [2.24, 2.45) is 17.1 Å². The zero-order valence-electron chi connectivity index (χ0n) is 10.6. The van der Waals surface area contributed by atoms with E-state index in [0.717, 1.165) is 0 Å². The van der Waals surface area contributed by atoms with Crippen LogP contribution in [0.5, 0.6) is 0 Å². The van der Waals surface area contributed by atoms with Crippen molar-refractivity contribution in [2.45, 2.75) is 26.2 Å². The van der Waals surface area contributed by atoms with Crippen LogP contribution >= 0.6 is 0 Å². The van der Waals surface area contributed by atoms with E-state index in [1.54, 1.807) is 0 Å². The summed E-state index contributed by atoms with van der Waals surface area (Å²) in [5.41, 5.74) is 4.56. The van der Waals surface area contributed by atoms with E-state index in [1.165, 1.54) is 14.0 Å². The Kier molecular flexibility index (Phi) is 4.37. The standard InChI is InChI=1S/C11H19NO5S/c1-8(10(12)14)6-18(15,16)7-11(3-4-11)5-9(13)17-2/h8H,3-7H2,1-2H3,(H2,12,14). The fourth-order valence-electron chi connectivity index (χ4n) is 1.92. The second-order valence-corrected chi connectivity index (χ2v) is 7.22. The van der Waals surface area contributed by atoms with E-state index in [9.17, 15) is 18.0 Å². The summed E-state index contributed by atoms with van der Waals surface area (Å²) in [7, 11) is -2.10. The van der Waals surface area contributed by atoms with Gasteiger partial charge in [0.25, 0.3) is 0 Å². The van der Waals surface area contributed by atoms with Crippen LogP contribution in [0.25, 0.3) is 0 Å². The molecule has 1 fully saturated rings. The number of carbonyl (C=O) groups excluding carboxylic acids is 2. The van der Waals surface area contributed by atoms with E-state index in [1.807, 2.05) is 0 Å². The normalized spacial score (nSPS) is 19.0. The molecule has 104 valence electrons. The van der Waals surface area contributed by atoms with Crippen LogP contribution in [0.15, 0.2) is 0 Å². The lowest BCUT2D eigenvalue weighted by molar-refractivity contribution is -0.141. The van der Waals surface area contributed by atoms with Gasteiger partial charge in [0.1, 0.15) is 0 Å². The largest absolute Gasteiger partial charge is 0.469 e. The predicted molar refractivity (Wildman–Crippen MR) is 65.3 cm³/mol. The number of hydrogen-bond donors (Lipinski definition) is 1. The first kappa shape index (κ1) is 14.9. The summed E-state index contributed by atoms with van der Waals surface area (Å²) in [4.78, 5) is 22.1. The van der Waals surface area contributed by atoms with Gasteiger partial charge < -0.3 is 10.5 Å². The van der Waals surface area contributed by atoms with Gasteiger partial charge in [0.05, 0.1) is 25.0 Å². The molecule has 1 unspecified atom stereocenters. The molecular formula is C11H19NO5S. The molecule has 0 aromatic rings. The highest BCUT2D eigenvalue weighted by Crippen LogP contribution is 2.50. The summed E-state index contributed by atoms with van der Waals surface area (Å²) in [6.45, 7) is 1.49. The van der Waals surface area contributed by atoms with E-state index < -0.39 is 33.0 Å². The number of sulfone groups is 1. The molecule has 0 heterocycles. The molecule has 1 aliphatic carbocycles. The SMILES string of the molecule is COC(=O)CC1(CS(=O)(=O)CC(C)C(N)=O)CC1. The maximum Gasteiger partial charge on any atom is 0.306 e. The molecule has 1 rings (SSSR count). The summed E-state index contributed by atoms with van der Waals surface area (Å²) in [6, 6.07) is 0. The highest BCUT2D eigenvalue weighted by Gasteiger charge is 2.48. The monoisotopic (exact) mass is 277 g/mol. The molecule has 1 amide bonds. The molecule has 1 aliphatic rings. The summed E-state index contributed by atoms with van der Waals surface area (Å²) in [6.07, 6.45) is 1.52. The van der Waals surface area contributed by atoms with E-state index in [0.29, 0.717) is 12.8 Å². The second-order valence-electron chi connectivity index (χ2n) is 5.11. The van der Waals surface area contributed by atoms with Crippen molar-refractivity contribution in [1.82, 2.24) is 0 Å². The number of rotatable bonds is 7. The van der Waals surface area contributed by atoms with Crippen LogP contribution in [-0.4, -0.2) is 38.9 Å². The summed E-state index contributed by atoms with van der Waals surface area (Å²) < 4.78 is 28.4. The molecule has 0 aromatic heterocycles. The minimum absolute atomic E-state index is 0.0767. The Morgan fingerprint density at radius 1 is 1.39 bits per heavy atom. The van der Waals surface area contributed by atoms with E-state index in [4.69, 9.17) is 5.73 Å². The molecule has 2 N–H and O–H groups in total. The van der Waals surface area contributed by atoms with Crippen LogP contribution in [0.4, 0.5) is 0 Å². The fraction of sp³-hybridized carbons (Fsp3) is 0.818. The first-order valence-electron chi connectivity index (χ1n) is 5.76. The Bertz CT molecular complexity index is 438. The van der Waals surface area contributed by atoms with Crippen molar-refractivity contribution >= 4 is 21.7 Å². The highest BCUT2D eigenvalue weighted by molar-refractivity contribution is 7.91. The fourth-order valence-corrected chi connectivity index (χ4v) is 4.28. The minimum Gasteiger partial charge on any atom is -0.469 e. The van der Waals surface area contributed by atoms with Crippen molar-refractivity contribution < 1.29 is 22.7 Å². The maximum absolute atomic E-state index is 11.9. The molecule has 7 heteroatoms. The van der Waals surface area contributed by atoms with Crippen LogP contribution in [0, 0.1) is 11.3 Å². The topological polar surface area (TPSA) is 104 Å². The summed E-state index contributed by atoms with van der Waals surface area (Å²) in [5.74, 6) is -2.07. The predicted octanol–water partition coefficient (Wildman–Crippen LogP) is -0.134. The highest BCUT2D eigenvalue weighted by atomic mass is 32.2. The summed E-state index contributed by atoms with van der Waals surface area (Å²) in [5, 5.41) is 0. The number of ether oxygens (including phenoxy) is 1. The molecule has 6 nitrogen and oxygen atoms in total. The number of hydrogen-bond acceptors (Lipinski definition) is 5. The summed E-state index contributed by atoms with van der Waals surface area (Å²) >= 11 is 0. The molecule has 1 atom stereocenters. The Morgan fingerprint density at radius 2 is 1.94 bits per heavy atom. The molecule has 0 bridgehead atoms. The zero-order valence-corrected chi connectivity index (χ0v) is 11.5. The molecule has 0 radical (unpaired) electrons. The Morgan fingerprint density at radius 3 is 2.33 bits per heavy atom. The van der Waals surface area contributed by atoms with Crippen LogP contribution in [0.2, 0.25) is 0 Å². The number of carbonyl (C=O) groups is 2. The lowest BCUT2D eigenvalue weighted by atomic mass is 10.1. The van der Waals surface area contributed by atoms with E-state index in [2.05, 4.69) is 4.74 Å². The Labute approximate surface area is 107 Å². The van der Waals surface area contributed by atoms with Gasteiger partial charge in [-0.1, -0.05) is 6.92 Å². The van der Waals surface area contributed by atoms with Gasteiger partial charge in [-0.25, -0.2) is 8.42 Å². The number of nitrogens with two attached hydrogens (primary N) is 1. The average Bonchev–Trinajstić information content (AvgIpc) is 2.95. The Balaban J connectivity index is 2.61. The van der Waals surface area contributed by atoms with Crippen molar-refractivity contribution in [3.8, 4) is 0 Å². The third-order valence-electron chi connectivity index (χ3n) is 3.22. The van der Waals surface area contributed by atoms with E-state index in [-0.39, 0.29) is 17.9 Å². The second kappa shape index (κ2) is 5.26. The molecule has 0 saturated heterocycles. The van der Waals surface area contributed by atoms with Gasteiger partial charge >= 0.3 is 5.97 Å². The van der Waals surface area contributed by atoms with Gasteiger partial charge in [0.2, 0.25) is 5.91 Å². The van der Waals surface area contributed by atoms with Crippen LogP contribution in [0.3, 0.4) is 0 Å². The minimum atomic E-state index is -3.38. The van der Waals surface area contributed by atoms with Gasteiger partial charge in [-0.05, 0) is 18.3 Å². The van der Waals surface area contributed by atoms with Gasteiger partial charge in [-0.3, -0.25) is 9.59 Å². The molecule has 1 saturated carbocycles. The number of amides is 1. The third-order valence-corrected chi connectivity index (χ3v) is 5.28. The smallest absolute Gasteiger partial charge is 0.306 e. The van der Waals surface area contributed by atoms with Crippen molar-refractivity contribution in [2.75, 3.05) is 18.6 Å². The van der Waals surface area contributed by atoms with Gasteiger partial charge in [-0.15, -0.1) is 0 Å². The average molecular weight is 277 g/mol. The quantitative estimate of drug-likeness (QED) is 0.653. The number of esters is 1. The van der Waals surface area contributed by atoms with Crippen molar-refractivity contribution in [3.05, 3.63) is 0 Å². The lowest BCUT2D eigenvalue weighted by Crippen LogP contribution is -2.31. The van der Waals surface area contributed by atoms with Crippen LogP contribution in [0.1, 0.15) is 26.2 Å². The maximum atomic E-state index is 11.9. The van der Waals surface area contributed by atoms with Crippen molar-refractivity contribution in [1.29, 1.82) is 0 Å². The number of methoxy groups -OCH3 is 1.